The maximum absolute atomic E-state index is 10.8. The summed E-state index contributed by atoms with van der Waals surface area (Å²) in [5.41, 5.74) is 3.82. The van der Waals surface area contributed by atoms with Gasteiger partial charge in [0.25, 0.3) is 0 Å². The maximum atomic E-state index is 10.8. The fourth-order valence-corrected chi connectivity index (χ4v) is 3.90. The van der Waals surface area contributed by atoms with Crippen molar-refractivity contribution in [3.05, 3.63) is 71.8 Å². The number of rotatable bonds is 3. The second kappa shape index (κ2) is 6.87. The first-order valence-electron chi connectivity index (χ1n) is 9.88. The molecule has 0 aliphatic heterocycles. The summed E-state index contributed by atoms with van der Waals surface area (Å²) in [6.07, 6.45) is 0. The summed E-state index contributed by atoms with van der Waals surface area (Å²) in [4.78, 5) is 0. The molecule has 0 atom stereocenters. The fourth-order valence-electron chi connectivity index (χ4n) is 3.90. The zero-order valence-corrected chi connectivity index (χ0v) is 16.8. The lowest BCUT2D eigenvalue weighted by molar-refractivity contribution is 0.470. The molecule has 0 aromatic heterocycles. The Labute approximate surface area is 166 Å². The van der Waals surface area contributed by atoms with E-state index < -0.39 is 0 Å². The predicted octanol–water partition coefficient (Wildman–Crippen LogP) is 7.32. The summed E-state index contributed by atoms with van der Waals surface area (Å²) >= 11 is 0. The Morgan fingerprint density at radius 1 is 0.536 bits per heavy atom. The Hall–Kier alpha value is -3.00. The minimum atomic E-state index is 0.186. The van der Waals surface area contributed by atoms with Gasteiger partial charge in [-0.25, -0.2) is 0 Å². The molecule has 0 saturated heterocycles. The molecule has 0 radical (unpaired) electrons. The summed E-state index contributed by atoms with van der Waals surface area (Å²) in [5.74, 6) is 1.14. The van der Waals surface area contributed by atoms with Gasteiger partial charge in [0.2, 0.25) is 0 Å². The van der Waals surface area contributed by atoms with Gasteiger partial charge in [0.15, 0.2) is 0 Å². The predicted molar refractivity (Wildman–Crippen MR) is 118 cm³/mol. The van der Waals surface area contributed by atoms with Crippen LogP contribution in [0.5, 0.6) is 11.5 Å². The van der Waals surface area contributed by atoms with E-state index in [4.69, 9.17) is 0 Å². The minimum Gasteiger partial charge on any atom is -0.507 e. The van der Waals surface area contributed by atoms with Crippen molar-refractivity contribution < 1.29 is 10.2 Å². The number of fused-ring (bicyclic) bond motifs is 2. The summed E-state index contributed by atoms with van der Waals surface area (Å²) in [5, 5.41) is 25.7. The van der Waals surface area contributed by atoms with Gasteiger partial charge >= 0.3 is 0 Å². The molecule has 0 heterocycles. The first-order valence-corrected chi connectivity index (χ1v) is 9.88. The lowest BCUT2D eigenvalue weighted by Gasteiger charge is -2.17. The first-order chi connectivity index (χ1) is 13.4. The number of benzene rings is 4. The smallest absolute Gasteiger partial charge is 0.124 e. The lowest BCUT2D eigenvalue weighted by Crippen LogP contribution is -1.92. The Balaban J connectivity index is 2.14. The Kier molecular flexibility index (Phi) is 4.50. The second-order valence-electron chi connectivity index (χ2n) is 8.19. The van der Waals surface area contributed by atoms with Gasteiger partial charge in [-0.2, -0.15) is 0 Å². The number of phenols is 2. The second-order valence-corrected chi connectivity index (χ2v) is 8.19. The van der Waals surface area contributed by atoms with Crippen molar-refractivity contribution in [3.8, 4) is 22.6 Å². The molecule has 4 aromatic carbocycles. The van der Waals surface area contributed by atoms with Gasteiger partial charge in [0, 0.05) is 11.1 Å². The lowest BCUT2D eigenvalue weighted by atomic mass is 9.89. The van der Waals surface area contributed by atoms with Crippen LogP contribution in [-0.4, -0.2) is 10.2 Å². The molecular formula is C26H26O2. The van der Waals surface area contributed by atoms with Crippen LogP contribution in [0.2, 0.25) is 0 Å². The largest absolute Gasteiger partial charge is 0.507 e. The Bertz CT molecular complexity index is 1090. The van der Waals surface area contributed by atoms with Crippen LogP contribution in [0.15, 0.2) is 60.7 Å². The van der Waals surface area contributed by atoms with E-state index in [9.17, 15) is 10.2 Å². The van der Waals surface area contributed by atoms with Crippen LogP contribution >= 0.6 is 0 Å². The van der Waals surface area contributed by atoms with Crippen molar-refractivity contribution in [3.63, 3.8) is 0 Å². The molecular weight excluding hydrogens is 344 g/mol. The van der Waals surface area contributed by atoms with Gasteiger partial charge in [0.1, 0.15) is 11.5 Å². The number of aromatic hydroxyl groups is 2. The number of phenolic OH excluding ortho intramolecular Hbond substituents is 2. The average molecular weight is 370 g/mol. The van der Waals surface area contributed by atoms with E-state index >= 15 is 0 Å². The first kappa shape index (κ1) is 18.4. The topological polar surface area (TPSA) is 40.5 Å². The minimum absolute atomic E-state index is 0.186. The third kappa shape index (κ3) is 2.99. The molecule has 4 aromatic rings. The van der Waals surface area contributed by atoms with Gasteiger partial charge in [-0.15, -0.1) is 0 Å². The monoisotopic (exact) mass is 370 g/mol. The summed E-state index contributed by atoms with van der Waals surface area (Å²) < 4.78 is 0. The molecule has 0 aliphatic rings. The standard InChI is InChI=1S/C26H26O2/c1-15(2)19-7-5-17-9-11-23(27)25(21(17)13-19)26-22-14-20(16(3)4)8-6-18(22)10-12-24(26)28/h5-16,27-28H,1-4H3. The maximum Gasteiger partial charge on any atom is 0.124 e. The highest BCUT2D eigenvalue weighted by molar-refractivity contribution is 6.09. The molecule has 142 valence electrons. The fraction of sp³-hybridized carbons (Fsp3) is 0.231. The molecule has 0 unspecified atom stereocenters. The van der Waals surface area contributed by atoms with Crippen molar-refractivity contribution >= 4 is 21.5 Å². The molecule has 0 spiro atoms. The zero-order chi connectivity index (χ0) is 20.0. The molecule has 0 bridgehead atoms. The van der Waals surface area contributed by atoms with Gasteiger partial charge in [-0.1, -0.05) is 76.2 Å². The molecule has 2 heteroatoms. The third-order valence-electron chi connectivity index (χ3n) is 5.63. The molecule has 0 amide bonds. The highest BCUT2D eigenvalue weighted by Crippen LogP contribution is 2.45. The van der Waals surface area contributed by atoms with Crippen molar-refractivity contribution in [1.29, 1.82) is 0 Å². The highest BCUT2D eigenvalue weighted by Gasteiger charge is 2.18. The van der Waals surface area contributed by atoms with Crippen LogP contribution < -0.4 is 0 Å². The Morgan fingerprint density at radius 3 is 1.25 bits per heavy atom. The van der Waals surface area contributed by atoms with Crippen LogP contribution in [0.1, 0.15) is 50.7 Å². The molecule has 2 nitrogen and oxygen atoms in total. The third-order valence-corrected chi connectivity index (χ3v) is 5.63. The molecule has 0 fully saturated rings. The number of hydrogen-bond acceptors (Lipinski definition) is 2. The molecule has 2 N–H and O–H groups in total. The van der Waals surface area contributed by atoms with E-state index in [1.165, 1.54) is 11.1 Å². The van der Waals surface area contributed by atoms with E-state index in [0.717, 1.165) is 21.5 Å². The SMILES string of the molecule is CC(C)c1ccc2ccc(O)c(-c3c(O)ccc4ccc(C(C)C)cc34)c2c1. The molecule has 4 rings (SSSR count). The Morgan fingerprint density at radius 2 is 0.893 bits per heavy atom. The van der Waals surface area contributed by atoms with Crippen molar-refractivity contribution in [2.24, 2.45) is 0 Å². The molecule has 0 aliphatic carbocycles. The molecule has 0 saturated carbocycles. The van der Waals surface area contributed by atoms with Crippen molar-refractivity contribution in [2.45, 2.75) is 39.5 Å². The van der Waals surface area contributed by atoms with Crippen LogP contribution in [0.3, 0.4) is 0 Å². The number of hydrogen-bond donors (Lipinski definition) is 2. The normalized spacial score (nSPS) is 11.8. The van der Waals surface area contributed by atoms with E-state index in [1.54, 1.807) is 12.1 Å². The zero-order valence-electron chi connectivity index (χ0n) is 16.8. The van der Waals surface area contributed by atoms with Crippen LogP contribution in [0, 0.1) is 0 Å². The highest BCUT2D eigenvalue weighted by atomic mass is 16.3. The van der Waals surface area contributed by atoms with Crippen LogP contribution in [-0.2, 0) is 0 Å². The van der Waals surface area contributed by atoms with E-state index in [1.807, 2.05) is 12.1 Å². The average Bonchev–Trinajstić information content (AvgIpc) is 2.67. The van der Waals surface area contributed by atoms with E-state index in [0.29, 0.717) is 23.0 Å². The van der Waals surface area contributed by atoms with Gasteiger partial charge in [-0.05, 0) is 56.6 Å². The van der Waals surface area contributed by atoms with E-state index in [-0.39, 0.29) is 11.5 Å². The van der Waals surface area contributed by atoms with Gasteiger partial charge in [-0.3, -0.25) is 0 Å². The quantitative estimate of drug-likeness (QED) is 0.397. The van der Waals surface area contributed by atoms with E-state index in [2.05, 4.69) is 64.1 Å². The van der Waals surface area contributed by atoms with Crippen LogP contribution in [0.25, 0.3) is 32.7 Å². The van der Waals surface area contributed by atoms with Crippen molar-refractivity contribution in [2.75, 3.05) is 0 Å². The van der Waals surface area contributed by atoms with Crippen LogP contribution in [0.4, 0.5) is 0 Å². The summed E-state index contributed by atoms with van der Waals surface area (Å²) in [6.45, 7) is 8.64. The molecule has 28 heavy (non-hydrogen) atoms. The summed E-state index contributed by atoms with van der Waals surface area (Å²) in [7, 11) is 0. The van der Waals surface area contributed by atoms with Gasteiger partial charge in [0.05, 0.1) is 0 Å². The van der Waals surface area contributed by atoms with Gasteiger partial charge < -0.3 is 10.2 Å². The summed E-state index contributed by atoms with van der Waals surface area (Å²) in [6, 6.07) is 20.0. The van der Waals surface area contributed by atoms with Crippen molar-refractivity contribution in [1.82, 2.24) is 0 Å².